The predicted octanol–water partition coefficient (Wildman–Crippen LogP) is 3.14. The number of hydrogen-bond acceptors (Lipinski definition) is 3. The molecule has 0 aromatic carbocycles. The number of nitrogens with one attached hydrogen (secondary N) is 1. The van der Waals surface area contributed by atoms with Crippen molar-refractivity contribution in [2.75, 3.05) is 5.32 Å². The number of pyridine rings is 2. The predicted molar refractivity (Wildman–Crippen MR) is 69.1 cm³/mol. The van der Waals surface area contributed by atoms with Crippen LogP contribution in [0.5, 0.6) is 0 Å². The first-order chi connectivity index (χ1) is 8.16. The summed E-state index contributed by atoms with van der Waals surface area (Å²) in [7, 11) is 0. The van der Waals surface area contributed by atoms with E-state index < -0.39 is 0 Å². The number of carbonyl (C=O) groups is 1. The van der Waals surface area contributed by atoms with Gasteiger partial charge in [0.15, 0.2) is 0 Å². The van der Waals surface area contributed by atoms with Gasteiger partial charge in [0.05, 0.1) is 16.4 Å². The third-order valence-electron chi connectivity index (χ3n) is 2.00. The van der Waals surface area contributed by atoms with Gasteiger partial charge in [0.2, 0.25) is 0 Å². The number of hydrogen-bond donors (Lipinski definition) is 1. The topological polar surface area (TPSA) is 54.9 Å². The molecular weight excluding hydrogens is 305 g/mol. The number of anilines is 1. The van der Waals surface area contributed by atoms with Gasteiger partial charge in [0.25, 0.3) is 5.91 Å². The van der Waals surface area contributed by atoms with Gasteiger partial charge in [-0.15, -0.1) is 0 Å². The van der Waals surface area contributed by atoms with E-state index in [0.29, 0.717) is 20.9 Å². The summed E-state index contributed by atoms with van der Waals surface area (Å²) in [6, 6.07) is 4.95. The van der Waals surface area contributed by atoms with Crippen molar-refractivity contribution in [1.29, 1.82) is 0 Å². The van der Waals surface area contributed by atoms with E-state index in [-0.39, 0.29) is 5.91 Å². The monoisotopic (exact) mass is 311 g/mol. The van der Waals surface area contributed by atoms with Crippen molar-refractivity contribution in [2.24, 2.45) is 0 Å². The summed E-state index contributed by atoms with van der Waals surface area (Å²) in [4.78, 5) is 19.6. The highest BCUT2D eigenvalue weighted by molar-refractivity contribution is 9.10. The average molecular weight is 313 g/mol. The van der Waals surface area contributed by atoms with E-state index in [0.717, 1.165) is 0 Å². The Morgan fingerprint density at radius 1 is 1.35 bits per heavy atom. The van der Waals surface area contributed by atoms with Crippen LogP contribution in [0.1, 0.15) is 10.4 Å². The first-order valence-corrected chi connectivity index (χ1v) is 5.86. The van der Waals surface area contributed by atoms with Gasteiger partial charge < -0.3 is 5.32 Å². The van der Waals surface area contributed by atoms with Crippen molar-refractivity contribution >= 4 is 39.1 Å². The molecule has 4 nitrogen and oxygen atoms in total. The molecule has 0 bridgehead atoms. The van der Waals surface area contributed by atoms with E-state index >= 15 is 0 Å². The summed E-state index contributed by atoms with van der Waals surface area (Å²) in [5, 5.41) is 3.06. The molecule has 0 fully saturated rings. The Morgan fingerprint density at radius 3 is 2.71 bits per heavy atom. The van der Waals surface area contributed by atoms with Gasteiger partial charge in [-0.1, -0.05) is 11.6 Å². The zero-order chi connectivity index (χ0) is 12.3. The van der Waals surface area contributed by atoms with Crippen LogP contribution < -0.4 is 5.32 Å². The number of aromatic nitrogens is 2. The first-order valence-electron chi connectivity index (χ1n) is 4.69. The Kier molecular flexibility index (Phi) is 3.71. The molecule has 6 heteroatoms. The molecule has 0 unspecified atom stereocenters. The second-order valence-electron chi connectivity index (χ2n) is 3.19. The van der Waals surface area contributed by atoms with Gasteiger partial charge in [-0.25, -0.2) is 4.98 Å². The van der Waals surface area contributed by atoms with Crippen LogP contribution in [0.15, 0.2) is 41.3 Å². The number of amides is 1. The maximum Gasteiger partial charge on any atom is 0.255 e. The van der Waals surface area contributed by atoms with Crippen molar-refractivity contribution in [3.8, 4) is 0 Å². The lowest BCUT2D eigenvalue weighted by atomic mass is 10.2. The first kappa shape index (κ1) is 12.0. The van der Waals surface area contributed by atoms with E-state index in [4.69, 9.17) is 11.6 Å². The summed E-state index contributed by atoms with van der Waals surface area (Å²) in [5.74, 6) is -0.219. The normalized spacial score (nSPS) is 10.0. The van der Waals surface area contributed by atoms with Crippen LogP contribution in [-0.2, 0) is 0 Å². The molecule has 2 aromatic heterocycles. The molecule has 0 aliphatic rings. The SMILES string of the molecule is O=C(Nc1cnc(Cl)c(Br)c1)c1ccncc1. The van der Waals surface area contributed by atoms with Gasteiger partial charge in [0.1, 0.15) is 5.15 Å². The molecule has 0 atom stereocenters. The molecule has 0 saturated carbocycles. The second kappa shape index (κ2) is 5.25. The van der Waals surface area contributed by atoms with Gasteiger partial charge in [-0.2, -0.15) is 0 Å². The van der Waals surface area contributed by atoms with E-state index in [9.17, 15) is 4.79 Å². The summed E-state index contributed by atoms with van der Waals surface area (Å²) in [6.45, 7) is 0. The number of carbonyl (C=O) groups excluding carboxylic acids is 1. The van der Waals surface area contributed by atoms with Gasteiger partial charge in [-0.05, 0) is 34.1 Å². The van der Waals surface area contributed by atoms with E-state index in [1.807, 2.05) is 0 Å². The summed E-state index contributed by atoms with van der Waals surface area (Å²) in [5.41, 5.74) is 1.11. The Labute approximate surface area is 111 Å². The molecule has 0 saturated heterocycles. The molecule has 0 aliphatic heterocycles. The zero-order valence-electron chi connectivity index (χ0n) is 8.52. The van der Waals surface area contributed by atoms with E-state index in [2.05, 4.69) is 31.2 Å². The molecule has 0 spiro atoms. The van der Waals surface area contributed by atoms with Crippen LogP contribution in [-0.4, -0.2) is 15.9 Å². The minimum absolute atomic E-state index is 0.219. The average Bonchev–Trinajstić information content (AvgIpc) is 2.35. The molecule has 1 amide bonds. The number of rotatable bonds is 2. The highest BCUT2D eigenvalue weighted by atomic mass is 79.9. The standard InChI is InChI=1S/C11H7BrClN3O/c12-9-5-8(6-15-10(9)13)16-11(17)7-1-3-14-4-2-7/h1-6H,(H,16,17). The van der Waals surface area contributed by atoms with Crippen LogP contribution in [0.4, 0.5) is 5.69 Å². The summed E-state index contributed by atoms with van der Waals surface area (Å²) < 4.78 is 0.631. The lowest BCUT2D eigenvalue weighted by Crippen LogP contribution is -2.11. The van der Waals surface area contributed by atoms with Crippen molar-refractivity contribution in [2.45, 2.75) is 0 Å². The van der Waals surface area contributed by atoms with Crippen LogP contribution in [0, 0.1) is 0 Å². The van der Waals surface area contributed by atoms with Crippen molar-refractivity contribution < 1.29 is 4.79 Å². The van der Waals surface area contributed by atoms with Crippen molar-refractivity contribution in [1.82, 2.24) is 9.97 Å². The smallest absolute Gasteiger partial charge is 0.255 e. The van der Waals surface area contributed by atoms with E-state index in [1.165, 1.54) is 6.20 Å². The van der Waals surface area contributed by atoms with Gasteiger partial charge >= 0.3 is 0 Å². The summed E-state index contributed by atoms with van der Waals surface area (Å²) in [6.07, 6.45) is 4.61. The van der Waals surface area contributed by atoms with Crippen LogP contribution in [0.25, 0.3) is 0 Å². The molecule has 86 valence electrons. The van der Waals surface area contributed by atoms with Crippen LogP contribution >= 0.6 is 27.5 Å². The number of halogens is 2. The lowest BCUT2D eigenvalue weighted by molar-refractivity contribution is 0.102. The minimum Gasteiger partial charge on any atom is -0.321 e. The Balaban J connectivity index is 2.16. The highest BCUT2D eigenvalue weighted by Crippen LogP contribution is 2.23. The largest absolute Gasteiger partial charge is 0.321 e. The Bertz CT molecular complexity index is 548. The fraction of sp³-hybridized carbons (Fsp3) is 0. The molecule has 2 heterocycles. The second-order valence-corrected chi connectivity index (χ2v) is 4.40. The third kappa shape index (κ3) is 3.01. The molecular formula is C11H7BrClN3O. The van der Waals surface area contributed by atoms with Gasteiger partial charge in [-0.3, -0.25) is 9.78 Å². The molecule has 2 aromatic rings. The number of nitrogens with zero attached hydrogens (tertiary/aromatic N) is 2. The van der Waals surface area contributed by atoms with Crippen molar-refractivity contribution in [3.63, 3.8) is 0 Å². The molecule has 0 radical (unpaired) electrons. The maximum absolute atomic E-state index is 11.8. The van der Waals surface area contributed by atoms with Crippen LogP contribution in [0.3, 0.4) is 0 Å². The van der Waals surface area contributed by atoms with Crippen molar-refractivity contribution in [3.05, 3.63) is 52.0 Å². The molecule has 17 heavy (non-hydrogen) atoms. The fourth-order valence-electron chi connectivity index (χ4n) is 1.20. The van der Waals surface area contributed by atoms with E-state index in [1.54, 1.807) is 30.6 Å². The fourth-order valence-corrected chi connectivity index (χ4v) is 1.65. The third-order valence-corrected chi connectivity index (χ3v) is 3.13. The minimum atomic E-state index is -0.219. The summed E-state index contributed by atoms with van der Waals surface area (Å²) >= 11 is 8.99. The maximum atomic E-state index is 11.8. The van der Waals surface area contributed by atoms with Gasteiger partial charge in [0, 0.05) is 18.0 Å². The lowest BCUT2D eigenvalue weighted by Gasteiger charge is -2.05. The Hall–Kier alpha value is -1.46. The molecule has 2 rings (SSSR count). The zero-order valence-corrected chi connectivity index (χ0v) is 10.9. The van der Waals surface area contributed by atoms with Crippen LogP contribution in [0.2, 0.25) is 5.15 Å². The molecule has 0 aliphatic carbocycles. The quantitative estimate of drug-likeness (QED) is 0.867. The molecule has 1 N–H and O–H groups in total. The Morgan fingerprint density at radius 2 is 2.06 bits per heavy atom. The highest BCUT2D eigenvalue weighted by Gasteiger charge is 2.07.